The first-order chi connectivity index (χ1) is 12.7. The van der Waals surface area contributed by atoms with Gasteiger partial charge >= 0.3 is 0 Å². The Bertz CT molecular complexity index is 733. The van der Waals surface area contributed by atoms with Gasteiger partial charge in [0.1, 0.15) is 5.82 Å². The molecular formula is C19H23N5O2. The second-order valence-electron chi connectivity index (χ2n) is 6.30. The molecule has 1 aromatic carbocycles. The van der Waals surface area contributed by atoms with Gasteiger partial charge in [0.25, 0.3) is 5.91 Å². The van der Waals surface area contributed by atoms with Crippen LogP contribution in [0, 0.1) is 0 Å². The van der Waals surface area contributed by atoms with Crippen molar-refractivity contribution < 1.29 is 10.0 Å². The van der Waals surface area contributed by atoms with E-state index in [0.717, 1.165) is 38.3 Å². The highest BCUT2D eigenvalue weighted by molar-refractivity contribution is 5.90. The molecule has 1 aliphatic rings. The molecule has 0 unspecified atom stereocenters. The molecule has 7 nitrogen and oxygen atoms in total. The van der Waals surface area contributed by atoms with Crippen LogP contribution in [0.4, 0.5) is 5.82 Å². The molecule has 1 aliphatic heterocycles. The second-order valence-corrected chi connectivity index (χ2v) is 6.30. The van der Waals surface area contributed by atoms with Gasteiger partial charge in [-0.3, -0.25) is 15.0 Å². The molecule has 0 saturated carbocycles. The third-order valence-corrected chi connectivity index (χ3v) is 4.37. The van der Waals surface area contributed by atoms with Gasteiger partial charge < -0.3 is 10.2 Å². The molecule has 1 amide bonds. The molecule has 2 aromatic rings. The number of anilines is 1. The molecule has 26 heavy (non-hydrogen) atoms. The van der Waals surface area contributed by atoms with Crippen LogP contribution in [-0.4, -0.2) is 51.7 Å². The Kier molecular flexibility index (Phi) is 6.29. The number of carbonyl (C=O) groups is 1. The predicted molar refractivity (Wildman–Crippen MR) is 99.6 cm³/mol. The quantitative estimate of drug-likeness (QED) is 0.399. The molecule has 7 heteroatoms. The number of amides is 1. The van der Waals surface area contributed by atoms with E-state index < -0.39 is 5.91 Å². The Morgan fingerprint density at radius 2 is 2.12 bits per heavy atom. The van der Waals surface area contributed by atoms with Gasteiger partial charge in [0, 0.05) is 31.8 Å². The van der Waals surface area contributed by atoms with E-state index in [1.54, 1.807) is 12.4 Å². The van der Waals surface area contributed by atoms with Crippen molar-refractivity contribution in [1.29, 1.82) is 0 Å². The summed E-state index contributed by atoms with van der Waals surface area (Å²) in [7, 11) is 0. The standard InChI is InChI=1S/C19H23N5O2/c25-19(23-26)7-6-16-12-21-18(13-20-16)22-17-9-11-24(14-17)10-8-15-4-2-1-3-5-15/h1-7,12-13,17,26H,8-11,14H2,(H,21,22)(H,23,25)/t17-/m1/s1. The van der Waals surface area contributed by atoms with E-state index in [2.05, 4.69) is 44.5 Å². The highest BCUT2D eigenvalue weighted by Gasteiger charge is 2.22. The van der Waals surface area contributed by atoms with E-state index in [-0.39, 0.29) is 0 Å². The molecule has 0 aliphatic carbocycles. The van der Waals surface area contributed by atoms with Crippen molar-refractivity contribution >= 4 is 17.8 Å². The number of carbonyl (C=O) groups excluding carboxylic acids is 1. The second kappa shape index (κ2) is 9.07. The fourth-order valence-corrected chi connectivity index (χ4v) is 2.99. The first kappa shape index (κ1) is 18.0. The Labute approximate surface area is 152 Å². The Morgan fingerprint density at radius 1 is 1.27 bits per heavy atom. The van der Waals surface area contributed by atoms with Gasteiger partial charge in [0.05, 0.1) is 18.1 Å². The van der Waals surface area contributed by atoms with Crippen molar-refractivity contribution in [3.05, 3.63) is 60.1 Å². The molecule has 2 heterocycles. The van der Waals surface area contributed by atoms with Crippen LogP contribution in [0.15, 0.2) is 48.8 Å². The fourth-order valence-electron chi connectivity index (χ4n) is 2.99. The third kappa shape index (κ3) is 5.37. The smallest absolute Gasteiger partial charge is 0.267 e. The minimum absolute atomic E-state index is 0.363. The average molecular weight is 353 g/mol. The van der Waals surface area contributed by atoms with Crippen LogP contribution < -0.4 is 10.8 Å². The van der Waals surface area contributed by atoms with Crippen LogP contribution in [0.5, 0.6) is 0 Å². The number of hydrogen-bond acceptors (Lipinski definition) is 6. The molecule has 0 radical (unpaired) electrons. The number of rotatable bonds is 7. The summed E-state index contributed by atoms with van der Waals surface area (Å²) in [4.78, 5) is 22.0. The lowest BCUT2D eigenvalue weighted by molar-refractivity contribution is -0.124. The average Bonchev–Trinajstić information content (AvgIpc) is 3.13. The summed E-state index contributed by atoms with van der Waals surface area (Å²) in [6.07, 6.45) is 8.07. The van der Waals surface area contributed by atoms with Crippen LogP contribution in [0.25, 0.3) is 6.08 Å². The van der Waals surface area contributed by atoms with Crippen molar-refractivity contribution in [3.8, 4) is 0 Å². The maximum Gasteiger partial charge on any atom is 0.267 e. The van der Waals surface area contributed by atoms with Crippen LogP contribution in [0.1, 0.15) is 17.7 Å². The maximum absolute atomic E-state index is 10.9. The molecule has 3 N–H and O–H groups in total. The molecule has 1 aromatic heterocycles. The zero-order valence-electron chi connectivity index (χ0n) is 14.5. The number of nitrogens with one attached hydrogen (secondary N) is 2. The van der Waals surface area contributed by atoms with E-state index in [1.165, 1.54) is 23.2 Å². The van der Waals surface area contributed by atoms with E-state index in [9.17, 15) is 4.79 Å². The van der Waals surface area contributed by atoms with Crippen molar-refractivity contribution in [2.45, 2.75) is 18.9 Å². The number of nitrogens with zero attached hydrogens (tertiary/aromatic N) is 3. The largest absolute Gasteiger partial charge is 0.365 e. The topological polar surface area (TPSA) is 90.4 Å². The summed E-state index contributed by atoms with van der Waals surface area (Å²) in [6, 6.07) is 10.9. The summed E-state index contributed by atoms with van der Waals surface area (Å²) in [5, 5.41) is 11.9. The molecular weight excluding hydrogens is 330 g/mol. The zero-order valence-corrected chi connectivity index (χ0v) is 14.5. The summed E-state index contributed by atoms with van der Waals surface area (Å²) in [5.41, 5.74) is 3.45. The number of aromatic nitrogens is 2. The zero-order chi connectivity index (χ0) is 18.2. The molecule has 1 atom stereocenters. The molecule has 136 valence electrons. The molecule has 0 bridgehead atoms. The monoisotopic (exact) mass is 353 g/mol. The Morgan fingerprint density at radius 3 is 2.85 bits per heavy atom. The van der Waals surface area contributed by atoms with Crippen LogP contribution >= 0.6 is 0 Å². The van der Waals surface area contributed by atoms with E-state index in [1.807, 2.05) is 6.07 Å². The third-order valence-electron chi connectivity index (χ3n) is 4.37. The molecule has 3 rings (SSSR count). The highest BCUT2D eigenvalue weighted by atomic mass is 16.5. The predicted octanol–water partition coefficient (Wildman–Crippen LogP) is 1.72. The van der Waals surface area contributed by atoms with Gasteiger partial charge in [-0.15, -0.1) is 0 Å². The minimum atomic E-state index is -0.601. The number of benzene rings is 1. The van der Waals surface area contributed by atoms with Gasteiger partial charge in [-0.2, -0.15) is 0 Å². The van der Waals surface area contributed by atoms with Crippen LogP contribution in [0.2, 0.25) is 0 Å². The Balaban J connectivity index is 1.45. The SMILES string of the molecule is O=C(C=Cc1cnc(N[C@@H]2CCN(CCc3ccccc3)C2)cn1)NO. The lowest BCUT2D eigenvalue weighted by Crippen LogP contribution is -2.28. The van der Waals surface area contributed by atoms with Gasteiger partial charge in [-0.1, -0.05) is 30.3 Å². The van der Waals surface area contributed by atoms with Gasteiger partial charge in [-0.25, -0.2) is 10.5 Å². The lowest BCUT2D eigenvalue weighted by Gasteiger charge is -2.17. The van der Waals surface area contributed by atoms with Gasteiger partial charge in [0.15, 0.2) is 0 Å². The number of hydrogen-bond donors (Lipinski definition) is 3. The van der Waals surface area contributed by atoms with Crippen molar-refractivity contribution in [2.75, 3.05) is 25.0 Å². The summed E-state index contributed by atoms with van der Waals surface area (Å²) in [6.45, 7) is 3.13. The first-order valence-electron chi connectivity index (χ1n) is 8.70. The van der Waals surface area contributed by atoms with Crippen molar-refractivity contribution in [2.24, 2.45) is 0 Å². The first-order valence-corrected chi connectivity index (χ1v) is 8.70. The van der Waals surface area contributed by atoms with E-state index in [4.69, 9.17) is 5.21 Å². The van der Waals surface area contributed by atoms with Crippen molar-refractivity contribution in [3.63, 3.8) is 0 Å². The van der Waals surface area contributed by atoms with E-state index >= 15 is 0 Å². The fraction of sp³-hybridized carbons (Fsp3) is 0.316. The highest BCUT2D eigenvalue weighted by Crippen LogP contribution is 2.15. The maximum atomic E-state index is 10.9. The normalized spacial score (nSPS) is 17.5. The molecule has 1 fully saturated rings. The van der Waals surface area contributed by atoms with Gasteiger partial charge in [0.2, 0.25) is 0 Å². The minimum Gasteiger partial charge on any atom is -0.365 e. The lowest BCUT2D eigenvalue weighted by atomic mass is 10.1. The molecule has 1 saturated heterocycles. The Hall–Kier alpha value is -2.77. The van der Waals surface area contributed by atoms with Crippen LogP contribution in [0.3, 0.4) is 0 Å². The van der Waals surface area contributed by atoms with Crippen LogP contribution in [-0.2, 0) is 11.2 Å². The summed E-state index contributed by atoms with van der Waals surface area (Å²) < 4.78 is 0. The number of likely N-dealkylation sites (tertiary alicyclic amines) is 1. The number of hydroxylamine groups is 1. The summed E-state index contributed by atoms with van der Waals surface area (Å²) >= 11 is 0. The van der Waals surface area contributed by atoms with E-state index in [0.29, 0.717) is 11.7 Å². The molecule has 0 spiro atoms. The summed E-state index contributed by atoms with van der Waals surface area (Å²) in [5.74, 6) is 0.124. The van der Waals surface area contributed by atoms with Crippen molar-refractivity contribution in [1.82, 2.24) is 20.3 Å². The van der Waals surface area contributed by atoms with Gasteiger partial charge in [-0.05, 0) is 24.5 Å².